The summed E-state index contributed by atoms with van der Waals surface area (Å²) in [4.78, 5) is 27.2. The van der Waals surface area contributed by atoms with E-state index in [1.165, 1.54) is 48.5 Å². The Balaban J connectivity index is 0.000000360. The van der Waals surface area contributed by atoms with Crippen LogP contribution < -0.4 is 0 Å². The van der Waals surface area contributed by atoms with Crippen LogP contribution in [0.2, 0.25) is 0 Å². The molecule has 23 heavy (non-hydrogen) atoms. The van der Waals surface area contributed by atoms with Gasteiger partial charge >= 0.3 is 11.4 Å². The van der Waals surface area contributed by atoms with Crippen molar-refractivity contribution in [2.45, 2.75) is 0 Å². The smallest absolute Gasteiger partial charge is 0.310 e. The highest BCUT2D eigenvalue weighted by Gasteiger charge is 2.09. The third-order valence-electron chi connectivity index (χ3n) is 2.16. The van der Waals surface area contributed by atoms with Crippen LogP contribution >= 0.6 is 0 Å². The number of carbonyl (C=O) groups is 1. The van der Waals surface area contributed by atoms with Crippen molar-refractivity contribution in [1.82, 2.24) is 0 Å². The molecule has 122 valence electrons. The van der Waals surface area contributed by atoms with E-state index < -0.39 is 9.85 Å². The predicted molar refractivity (Wildman–Crippen MR) is 78.2 cm³/mol. The molecule has 2 aromatic carbocycles. The SMILES string of the molecule is O=CO.O=[N+]([O-])c1ccccc1O.O=[N+]([O-])c1ccccc1O. The quantitative estimate of drug-likeness (QED) is 0.430. The first-order valence-electron chi connectivity index (χ1n) is 5.77. The third-order valence-corrected chi connectivity index (χ3v) is 2.16. The monoisotopic (exact) mass is 324 g/mol. The number of nitrogens with zero attached hydrogens (tertiary/aromatic N) is 2. The zero-order chi connectivity index (χ0) is 17.8. The molecule has 3 N–H and O–H groups in total. The van der Waals surface area contributed by atoms with Gasteiger partial charge in [-0.3, -0.25) is 25.0 Å². The summed E-state index contributed by atoms with van der Waals surface area (Å²) >= 11 is 0. The number of phenols is 2. The summed E-state index contributed by atoms with van der Waals surface area (Å²) in [6, 6.07) is 11.1. The molecule has 0 radical (unpaired) electrons. The number of phenolic OH excluding ortho intramolecular Hbond substituents is 2. The van der Waals surface area contributed by atoms with E-state index in [0.717, 1.165) is 0 Å². The summed E-state index contributed by atoms with van der Waals surface area (Å²) in [5, 5.41) is 44.7. The molecule has 0 atom stereocenters. The minimum absolute atomic E-state index is 0.250. The molecule has 0 saturated heterocycles. The van der Waals surface area contributed by atoms with Crippen LogP contribution in [0.25, 0.3) is 0 Å². The van der Waals surface area contributed by atoms with E-state index >= 15 is 0 Å². The minimum Gasteiger partial charge on any atom is -0.502 e. The first kappa shape index (κ1) is 19.3. The summed E-state index contributed by atoms with van der Waals surface area (Å²) in [7, 11) is 0. The van der Waals surface area contributed by atoms with Crippen LogP contribution in [-0.2, 0) is 4.79 Å². The molecule has 0 heterocycles. The fourth-order valence-corrected chi connectivity index (χ4v) is 1.24. The number of hydrogen-bond acceptors (Lipinski definition) is 7. The molecular weight excluding hydrogens is 312 g/mol. The Morgan fingerprint density at radius 1 is 0.783 bits per heavy atom. The first-order chi connectivity index (χ1) is 10.8. The van der Waals surface area contributed by atoms with E-state index in [1.54, 1.807) is 0 Å². The summed E-state index contributed by atoms with van der Waals surface area (Å²) in [6.45, 7) is -0.250. The van der Waals surface area contributed by atoms with Crippen LogP contribution in [0.3, 0.4) is 0 Å². The predicted octanol–water partition coefficient (Wildman–Crippen LogP) is 2.30. The zero-order valence-corrected chi connectivity index (χ0v) is 11.5. The average Bonchev–Trinajstić information content (AvgIpc) is 2.49. The summed E-state index contributed by atoms with van der Waals surface area (Å²) in [5.41, 5.74) is -0.523. The molecule has 0 amide bonds. The molecule has 0 aliphatic carbocycles. The number of rotatable bonds is 2. The second-order valence-corrected chi connectivity index (χ2v) is 3.60. The number of benzene rings is 2. The maximum Gasteiger partial charge on any atom is 0.310 e. The number of para-hydroxylation sites is 4. The van der Waals surface area contributed by atoms with Crippen LogP contribution in [0.15, 0.2) is 48.5 Å². The fraction of sp³-hybridized carbons (Fsp3) is 0. The van der Waals surface area contributed by atoms with Crippen molar-refractivity contribution in [3.05, 3.63) is 68.8 Å². The van der Waals surface area contributed by atoms with Crippen LogP contribution in [0.4, 0.5) is 11.4 Å². The lowest BCUT2D eigenvalue weighted by Gasteiger charge is -1.91. The van der Waals surface area contributed by atoms with Crippen molar-refractivity contribution in [2.75, 3.05) is 0 Å². The van der Waals surface area contributed by atoms with Crippen LogP contribution in [0.1, 0.15) is 0 Å². The molecule has 0 spiro atoms. The van der Waals surface area contributed by atoms with Gasteiger partial charge in [0.25, 0.3) is 6.47 Å². The topological polar surface area (TPSA) is 164 Å². The van der Waals surface area contributed by atoms with Gasteiger partial charge in [-0.15, -0.1) is 0 Å². The molecule has 10 heteroatoms. The van der Waals surface area contributed by atoms with E-state index in [4.69, 9.17) is 20.1 Å². The minimum atomic E-state index is -0.630. The second-order valence-electron chi connectivity index (χ2n) is 3.60. The molecule has 0 fully saturated rings. The van der Waals surface area contributed by atoms with Gasteiger partial charge in [-0.05, 0) is 12.1 Å². The van der Waals surface area contributed by atoms with Gasteiger partial charge in [0, 0.05) is 12.1 Å². The van der Waals surface area contributed by atoms with E-state index in [1.807, 2.05) is 0 Å². The van der Waals surface area contributed by atoms with Gasteiger partial charge in [0.2, 0.25) is 0 Å². The van der Waals surface area contributed by atoms with Gasteiger partial charge in [0.05, 0.1) is 9.85 Å². The van der Waals surface area contributed by atoms with Crippen molar-refractivity contribution in [3.8, 4) is 11.5 Å². The normalized spacial score (nSPS) is 8.52. The van der Waals surface area contributed by atoms with Crippen LogP contribution in [-0.4, -0.2) is 31.6 Å². The number of hydrogen-bond donors (Lipinski definition) is 3. The number of nitro groups is 2. The first-order valence-corrected chi connectivity index (χ1v) is 5.77. The number of aromatic hydroxyl groups is 2. The maximum absolute atomic E-state index is 10.1. The highest BCUT2D eigenvalue weighted by Crippen LogP contribution is 2.23. The van der Waals surface area contributed by atoms with Gasteiger partial charge in [-0.1, -0.05) is 24.3 Å². The summed E-state index contributed by atoms with van der Waals surface area (Å²) in [5.74, 6) is -0.597. The highest BCUT2D eigenvalue weighted by atomic mass is 16.6. The maximum atomic E-state index is 10.1. The third kappa shape index (κ3) is 7.04. The molecule has 2 aromatic rings. The lowest BCUT2D eigenvalue weighted by Crippen LogP contribution is -1.86. The average molecular weight is 324 g/mol. The van der Waals surface area contributed by atoms with Gasteiger partial charge < -0.3 is 15.3 Å². The molecule has 10 nitrogen and oxygen atoms in total. The van der Waals surface area contributed by atoms with E-state index in [-0.39, 0.29) is 29.3 Å². The van der Waals surface area contributed by atoms with Gasteiger partial charge in [0.15, 0.2) is 11.5 Å². The van der Waals surface area contributed by atoms with Crippen molar-refractivity contribution in [3.63, 3.8) is 0 Å². The Morgan fingerprint density at radius 2 is 1.04 bits per heavy atom. The van der Waals surface area contributed by atoms with Crippen molar-refractivity contribution in [2.24, 2.45) is 0 Å². The summed E-state index contributed by atoms with van der Waals surface area (Å²) in [6.07, 6.45) is 0. The van der Waals surface area contributed by atoms with E-state index in [0.29, 0.717) is 0 Å². The Kier molecular flexibility index (Phi) is 8.48. The lowest BCUT2D eigenvalue weighted by molar-refractivity contribution is -0.386. The van der Waals surface area contributed by atoms with Crippen molar-refractivity contribution < 1.29 is 30.0 Å². The Bertz CT molecular complexity index is 619. The molecule has 0 aliphatic rings. The second kappa shape index (κ2) is 10.1. The largest absolute Gasteiger partial charge is 0.502 e. The lowest BCUT2D eigenvalue weighted by atomic mass is 10.3. The van der Waals surface area contributed by atoms with Crippen LogP contribution in [0.5, 0.6) is 11.5 Å². The van der Waals surface area contributed by atoms with Gasteiger partial charge in [0.1, 0.15) is 0 Å². The highest BCUT2D eigenvalue weighted by molar-refractivity contribution is 5.44. The van der Waals surface area contributed by atoms with Gasteiger partial charge in [-0.25, -0.2) is 0 Å². The van der Waals surface area contributed by atoms with E-state index in [9.17, 15) is 20.2 Å². The molecule has 0 unspecified atom stereocenters. The molecule has 0 aliphatic heterocycles. The van der Waals surface area contributed by atoms with Crippen LogP contribution in [0, 0.1) is 20.2 Å². The molecular formula is C13H12N2O8. The Labute approximate surface area is 129 Å². The van der Waals surface area contributed by atoms with Crippen molar-refractivity contribution in [1.29, 1.82) is 0 Å². The Hall–Kier alpha value is -3.69. The van der Waals surface area contributed by atoms with Crippen molar-refractivity contribution >= 4 is 17.8 Å². The number of nitro benzene ring substituents is 2. The summed E-state index contributed by atoms with van der Waals surface area (Å²) < 4.78 is 0. The molecule has 2 rings (SSSR count). The van der Waals surface area contributed by atoms with E-state index in [2.05, 4.69) is 0 Å². The molecule has 0 bridgehead atoms. The molecule has 0 saturated carbocycles. The standard InChI is InChI=1S/2C6H5NO3.CH2O2/c2*8-6-4-2-1-3-5(6)7(9)10;2-1-3/h2*1-4,8H;1H,(H,2,3). The fourth-order valence-electron chi connectivity index (χ4n) is 1.24. The Morgan fingerprint density at radius 3 is 1.22 bits per heavy atom. The van der Waals surface area contributed by atoms with Gasteiger partial charge in [-0.2, -0.15) is 0 Å². The number of carboxylic acid groups (broad SMARTS) is 1. The zero-order valence-electron chi connectivity index (χ0n) is 11.5. The molecule has 0 aromatic heterocycles.